The van der Waals surface area contributed by atoms with Gasteiger partial charge in [0.05, 0.1) is 13.2 Å². The fourth-order valence-corrected chi connectivity index (χ4v) is 0.572. The van der Waals surface area contributed by atoms with Crippen LogP contribution in [-0.4, -0.2) is 26.9 Å². The van der Waals surface area contributed by atoms with Crippen LogP contribution in [0.2, 0.25) is 0 Å². The van der Waals surface area contributed by atoms with Gasteiger partial charge in [0.15, 0.2) is 0 Å². The summed E-state index contributed by atoms with van der Waals surface area (Å²) in [4.78, 5) is 0. The number of unbranched alkanes of at least 4 members (excludes halogenated alkanes) is 1. The molecule has 3 heteroatoms. The third-order valence-corrected chi connectivity index (χ3v) is 1.04. The van der Waals surface area contributed by atoms with Crippen molar-refractivity contribution >= 4 is 0 Å². The molecule has 61 valence electrons. The average Bonchev–Trinajstić information content (AvgIpc) is 1.97. The van der Waals surface area contributed by atoms with Gasteiger partial charge in [0.25, 0.3) is 0 Å². The van der Waals surface area contributed by atoms with Crippen LogP contribution in [0.25, 0.3) is 0 Å². The Morgan fingerprint density at radius 1 is 1.40 bits per heavy atom. The molecule has 0 saturated heterocycles. The molecule has 0 aliphatic heterocycles. The molecule has 0 atom stereocenters. The van der Waals surface area contributed by atoms with Gasteiger partial charge < -0.3 is 15.2 Å². The molecular weight excluding hydrogens is 130 g/mol. The van der Waals surface area contributed by atoms with Gasteiger partial charge in [-0.15, -0.1) is 0 Å². The topological polar surface area (TPSA) is 44.5 Å². The quantitative estimate of drug-likeness (QED) is 0.533. The Bertz CT molecular complexity index is 51.6. The fraction of sp³-hybridized carbons (Fsp3) is 0.857. The van der Waals surface area contributed by atoms with Crippen molar-refractivity contribution in [2.24, 2.45) is 5.73 Å². The summed E-state index contributed by atoms with van der Waals surface area (Å²) in [5.74, 6) is 0. The first-order valence-corrected chi connectivity index (χ1v) is 3.54. The number of rotatable bonds is 7. The maximum absolute atomic E-state index is 5.21. The Morgan fingerprint density at radius 2 is 2.20 bits per heavy atom. The van der Waals surface area contributed by atoms with Gasteiger partial charge in [-0.1, -0.05) is 0 Å². The van der Waals surface area contributed by atoms with Crippen molar-refractivity contribution in [2.45, 2.75) is 12.8 Å². The molecule has 0 aromatic carbocycles. The molecule has 0 aliphatic carbocycles. The summed E-state index contributed by atoms with van der Waals surface area (Å²) in [5, 5.41) is 0. The molecule has 0 rings (SSSR count). The number of nitrogens with two attached hydrogens (primary N) is 1. The van der Waals surface area contributed by atoms with Crippen LogP contribution in [0.15, 0.2) is 0 Å². The smallest absolute Gasteiger partial charge is 0.0833 e. The molecule has 0 aromatic heterocycles. The van der Waals surface area contributed by atoms with E-state index in [2.05, 4.69) is 0 Å². The van der Waals surface area contributed by atoms with E-state index in [1.807, 2.05) is 0 Å². The van der Waals surface area contributed by atoms with Gasteiger partial charge in [0, 0.05) is 20.3 Å². The highest BCUT2D eigenvalue weighted by Gasteiger charge is 1.87. The minimum Gasteiger partial charge on any atom is -0.380 e. The first-order chi connectivity index (χ1) is 4.91. The second-order valence-corrected chi connectivity index (χ2v) is 1.95. The highest BCUT2D eigenvalue weighted by molar-refractivity contribution is 4.48. The van der Waals surface area contributed by atoms with Crippen LogP contribution in [0.1, 0.15) is 12.8 Å². The van der Waals surface area contributed by atoms with E-state index in [4.69, 9.17) is 15.2 Å². The molecular formula is C7H16NO2. The van der Waals surface area contributed by atoms with Crippen LogP contribution in [0, 0.1) is 6.61 Å². The fourth-order valence-electron chi connectivity index (χ4n) is 0.572. The first kappa shape index (κ1) is 9.88. The van der Waals surface area contributed by atoms with E-state index in [1.165, 1.54) is 0 Å². The first-order valence-electron chi connectivity index (χ1n) is 3.54. The van der Waals surface area contributed by atoms with Crippen LogP contribution in [-0.2, 0) is 9.47 Å². The van der Waals surface area contributed by atoms with Crippen molar-refractivity contribution in [1.82, 2.24) is 0 Å². The lowest BCUT2D eigenvalue weighted by Crippen LogP contribution is -2.08. The lowest BCUT2D eigenvalue weighted by atomic mass is 10.3. The predicted molar refractivity (Wildman–Crippen MR) is 40.4 cm³/mol. The SMILES string of the molecule is CO[CH]CCCOCCN. The molecule has 10 heavy (non-hydrogen) atoms. The molecule has 0 saturated carbocycles. The standard InChI is InChI=1S/C7H16NO2/c1-9-5-2-3-6-10-7-4-8/h5H,2-4,6-8H2,1H3. The van der Waals surface area contributed by atoms with E-state index >= 15 is 0 Å². The van der Waals surface area contributed by atoms with Gasteiger partial charge in [-0.3, -0.25) is 0 Å². The molecule has 0 bridgehead atoms. The van der Waals surface area contributed by atoms with E-state index in [0.717, 1.165) is 19.4 Å². The van der Waals surface area contributed by atoms with Gasteiger partial charge in [-0.05, 0) is 12.8 Å². The van der Waals surface area contributed by atoms with Crippen molar-refractivity contribution in [2.75, 3.05) is 26.9 Å². The highest BCUT2D eigenvalue weighted by atomic mass is 16.5. The zero-order chi connectivity index (χ0) is 7.66. The normalized spacial score (nSPS) is 10.2. The van der Waals surface area contributed by atoms with E-state index in [0.29, 0.717) is 13.2 Å². The van der Waals surface area contributed by atoms with Gasteiger partial charge in [0.2, 0.25) is 0 Å². The van der Waals surface area contributed by atoms with Crippen molar-refractivity contribution in [3.05, 3.63) is 6.61 Å². The Hall–Kier alpha value is -0.120. The van der Waals surface area contributed by atoms with Gasteiger partial charge in [-0.25, -0.2) is 0 Å². The van der Waals surface area contributed by atoms with E-state index in [9.17, 15) is 0 Å². The number of hydrogen-bond donors (Lipinski definition) is 1. The molecule has 0 fully saturated rings. The summed E-state index contributed by atoms with van der Waals surface area (Å²) in [6.45, 7) is 3.81. The lowest BCUT2D eigenvalue weighted by molar-refractivity contribution is 0.134. The molecule has 2 N–H and O–H groups in total. The molecule has 0 heterocycles. The Balaban J connectivity index is 2.65. The van der Waals surface area contributed by atoms with Crippen molar-refractivity contribution in [3.63, 3.8) is 0 Å². The molecule has 1 radical (unpaired) electrons. The third kappa shape index (κ3) is 7.88. The highest BCUT2D eigenvalue weighted by Crippen LogP contribution is 1.93. The van der Waals surface area contributed by atoms with Crippen LogP contribution >= 0.6 is 0 Å². The third-order valence-electron chi connectivity index (χ3n) is 1.04. The van der Waals surface area contributed by atoms with Crippen molar-refractivity contribution in [3.8, 4) is 0 Å². The largest absolute Gasteiger partial charge is 0.380 e. The van der Waals surface area contributed by atoms with Crippen LogP contribution in [0.5, 0.6) is 0 Å². The van der Waals surface area contributed by atoms with Crippen LogP contribution < -0.4 is 5.73 Å². The van der Waals surface area contributed by atoms with Crippen molar-refractivity contribution < 1.29 is 9.47 Å². The van der Waals surface area contributed by atoms with E-state index < -0.39 is 0 Å². The van der Waals surface area contributed by atoms with Gasteiger partial charge in [0.1, 0.15) is 0 Å². The zero-order valence-corrected chi connectivity index (χ0v) is 6.51. The zero-order valence-electron chi connectivity index (χ0n) is 6.51. The summed E-state index contributed by atoms with van der Waals surface area (Å²) in [5.41, 5.74) is 5.21. The summed E-state index contributed by atoms with van der Waals surface area (Å²) in [6.07, 6.45) is 1.95. The van der Waals surface area contributed by atoms with E-state index in [1.54, 1.807) is 13.7 Å². The lowest BCUT2D eigenvalue weighted by Gasteiger charge is -2.00. The maximum atomic E-state index is 5.21. The summed E-state index contributed by atoms with van der Waals surface area (Å²) >= 11 is 0. The molecule has 3 nitrogen and oxygen atoms in total. The van der Waals surface area contributed by atoms with Crippen LogP contribution in [0.4, 0.5) is 0 Å². The van der Waals surface area contributed by atoms with Crippen molar-refractivity contribution in [1.29, 1.82) is 0 Å². The Morgan fingerprint density at radius 3 is 2.80 bits per heavy atom. The van der Waals surface area contributed by atoms with E-state index in [-0.39, 0.29) is 0 Å². The van der Waals surface area contributed by atoms with Gasteiger partial charge in [-0.2, -0.15) is 0 Å². The molecule has 0 unspecified atom stereocenters. The summed E-state index contributed by atoms with van der Waals surface area (Å²) in [7, 11) is 1.65. The molecule has 0 aromatic rings. The second-order valence-electron chi connectivity index (χ2n) is 1.95. The summed E-state index contributed by atoms with van der Waals surface area (Å²) in [6, 6.07) is 0. The molecule has 0 spiro atoms. The minimum atomic E-state index is 0.605. The Labute approximate surface area is 62.5 Å². The molecule has 0 aliphatic rings. The number of hydrogen-bond acceptors (Lipinski definition) is 3. The monoisotopic (exact) mass is 146 g/mol. The average molecular weight is 146 g/mol. The van der Waals surface area contributed by atoms with Crippen LogP contribution in [0.3, 0.4) is 0 Å². The number of methoxy groups -OCH3 is 1. The summed E-state index contributed by atoms with van der Waals surface area (Å²) < 4.78 is 9.87. The maximum Gasteiger partial charge on any atom is 0.0833 e. The molecule has 0 amide bonds. The number of ether oxygens (including phenoxy) is 2. The second kappa shape index (κ2) is 8.88. The van der Waals surface area contributed by atoms with Gasteiger partial charge >= 0.3 is 0 Å². The minimum absolute atomic E-state index is 0.605. The predicted octanol–water partition coefficient (Wildman–Crippen LogP) is 0.550. The Kier molecular flexibility index (Phi) is 8.77.